The third-order valence-electron chi connectivity index (χ3n) is 7.35. The second kappa shape index (κ2) is 10.7. The monoisotopic (exact) mass is 556 g/mol. The van der Waals surface area contributed by atoms with E-state index in [2.05, 4.69) is 25.6 Å². The molecule has 2 heterocycles. The molecular formula is C28H28F4N6O2. The summed E-state index contributed by atoms with van der Waals surface area (Å²) in [7, 11) is 0. The molecule has 0 spiro atoms. The molecular weight excluding hydrogens is 528 g/mol. The third-order valence-corrected chi connectivity index (χ3v) is 7.35. The molecule has 12 heteroatoms. The quantitative estimate of drug-likeness (QED) is 0.202. The van der Waals surface area contributed by atoms with Crippen molar-refractivity contribution in [1.82, 2.24) is 19.5 Å². The largest absolute Gasteiger partial charge is 0.475 e. The molecule has 4 aromatic rings. The van der Waals surface area contributed by atoms with Crippen LogP contribution in [-0.2, 0) is 12.7 Å². The van der Waals surface area contributed by atoms with Gasteiger partial charge in [-0.15, -0.1) is 0 Å². The number of alkyl halides is 3. The molecule has 1 aliphatic carbocycles. The van der Waals surface area contributed by atoms with E-state index in [4.69, 9.17) is 0 Å². The van der Waals surface area contributed by atoms with E-state index in [0.717, 1.165) is 37.0 Å². The fourth-order valence-corrected chi connectivity index (χ4v) is 4.78. The van der Waals surface area contributed by atoms with Crippen molar-refractivity contribution in [2.24, 2.45) is 5.92 Å². The van der Waals surface area contributed by atoms with Crippen molar-refractivity contribution in [3.05, 3.63) is 76.9 Å². The first-order valence-electron chi connectivity index (χ1n) is 13.0. The van der Waals surface area contributed by atoms with Gasteiger partial charge >= 0.3 is 12.1 Å². The van der Waals surface area contributed by atoms with Gasteiger partial charge in [0.25, 0.3) is 0 Å². The van der Waals surface area contributed by atoms with Crippen LogP contribution in [0.5, 0.6) is 0 Å². The Labute approximate surface area is 227 Å². The molecule has 2 aromatic heterocycles. The van der Waals surface area contributed by atoms with Crippen molar-refractivity contribution in [1.29, 1.82) is 0 Å². The lowest BCUT2D eigenvalue weighted by atomic mass is 9.80. The Morgan fingerprint density at radius 2 is 1.70 bits per heavy atom. The smallest absolute Gasteiger partial charge is 0.416 e. The molecule has 40 heavy (non-hydrogen) atoms. The van der Waals surface area contributed by atoms with Gasteiger partial charge in [-0.2, -0.15) is 18.2 Å². The summed E-state index contributed by atoms with van der Waals surface area (Å²) in [4.78, 5) is 24.9. The zero-order valence-corrected chi connectivity index (χ0v) is 21.8. The molecule has 0 saturated heterocycles. The van der Waals surface area contributed by atoms with Crippen molar-refractivity contribution >= 4 is 28.9 Å². The maximum atomic E-state index is 13.5. The number of benzene rings is 2. The third kappa shape index (κ3) is 5.70. The summed E-state index contributed by atoms with van der Waals surface area (Å²) in [6.07, 6.45) is -1.26. The number of aromatic nitrogens is 4. The number of nitrogens with one attached hydrogen (secondary N) is 2. The summed E-state index contributed by atoms with van der Waals surface area (Å²) in [5.41, 5.74) is 1.11. The van der Waals surface area contributed by atoms with Crippen molar-refractivity contribution in [3.8, 4) is 0 Å². The molecule has 5 rings (SSSR count). The predicted octanol–water partition coefficient (Wildman–Crippen LogP) is 6.50. The fraction of sp³-hybridized carbons (Fsp3) is 0.357. The van der Waals surface area contributed by atoms with E-state index in [9.17, 15) is 27.5 Å². The number of anilines is 2. The second-order valence-electron chi connectivity index (χ2n) is 10.1. The van der Waals surface area contributed by atoms with E-state index < -0.39 is 23.5 Å². The Hall–Kier alpha value is -4.22. The molecule has 2 unspecified atom stereocenters. The molecule has 2 atom stereocenters. The van der Waals surface area contributed by atoms with Crippen LogP contribution in [0.4, 0.5) is 29.3 Å². The van der Waals surface area contributed by atoms with Crippen molar-refractivity contribution in [2.75, 3.05) is 10.6 Å². The average Bonchev–Trinajstić information content (AvgIpc) is 3.19. The normalized spacial score (nSPS) is 15.4. The zero-order valence-electron chi connectivity index (χ0n) is 21.8. The number of hydrogen-bond donors (Lipinski definition) is 3. The van der Waals surface area contributed by atoms with Gasteiger partial charge in [0.15, 0.2) is 11.5 Å². The standard InChI is InChI=1S/C28H28F4N6O2/c1-15(18-4-3-5-18)33-23-22-24(36-25(35-23)26(39)40)37-27(34-16(2)19-8-12-21(29)13-9-19)38(22)14-17-6-10-20(11-7-17)28(30,31)32/h6-13,15-16,18H,3-5,14H2,1-2H3,(H,39,40)(H2,33,34,35,36,37). The molecule has 1 fully saturated rings. The molecule has 1 aliphatic rings. The SMILES string of the molecule is CC(Nc1nc2nc(C(=O)O)nc(NC(C)C3CCC3)c2n1Cc1ccc(C(F)(F)F)cc1)c1ccc(F)cc1. The van der Waals surface area contributed by atoms with Gasteiger partial charge in [-0.1, -0.05) is 30.7 Å². The number of imidazole rings is 1. The van der Waals surface area contributed by atoms with Crippen LogP contribution in [0.15, 0.2) is 48.5 Å². The van der Waals surface area contributed by atoms with E-state index in [1.165, 1.54) is 24.3 Å². The van der Waals surface area contributed by atoms with Crippen LogP contribution in [0.2, 0.25) is 0 Å². The Morgan fingerprint density at radius 1 is 1.02 bits per heavy atom. The van der Waals surface area contributed by atoms with Crippen molar-refractivity contribution in [2.45, 2.75) is 57.9 Å². The summed E-state index contributed by atoms with van der Waals surface area (Å²) in [5, 5.41) is 16.3. The lowest BCUT2D eigenvalue weighted by molar-refractivity contribution is -0.137. The second-order valence-corrected chi connectivity index (χ2v) is 10.1. The molecule has 210 valence electrons. The van der Waals surface area contributed by atoms with Gasteiger partial charge in [0.05, 0.1) is 18.2 Å². The Balaban J connectivity index is 1.60. The van der Waals surface area contributed by atoms with Crippen LogP contribution < -0.4 is 10.6 Å². The minimum atomic E-state index is -4.46. The number of carbonyl (C=O) groups is 1. The number of nitrogens with zero attached hydrogens (tertiary/aromatic N) is 4. The van der Waals surface area contributed by atoms with Gasteiger partial charge in [-0.3, -0.25) is 0 Å². The highest BCUT2D eigenvalue weighted by molar-refractivity contribution is 5.91. The first-order valence-corrected chi connectivity index (χ1v) is 13.0. The molecule has 0 bridgehead atoms. The summed E-state index contributed by atoms with van der Waals surface area (Å²) >= 11 is 0. The first-order chi connectivity index (χ1) is 19.0. The Kier molecular flexibility index (Phi) is 7.35. The summed E-state index contributed by atoms with van der Waals surface area (Å²) in [6, 6.07) is 10.4. The zero-order chi connectivity index (χ0) is 28.6. The average molecular weight is 557 g/mol. The van der Waals surface area contributed by atoms with E-state index in [1.54, 1.807) is 16.7 Å². The minimum absolute atomic E-state index is 0.00235. The molecule has 1 saturated carbocycles. The van der Waals surface area contributed by atoms with Gasteiger partial charge < -0.3 is 20.3 Å². The molecule has 8 nitrogen and oxygen atoms in total. The molecule has 0 aliphatic heterocycles. The topological polar surface area (TPSA) is 105 Å². The van der Waals surface area contributed by atoms with Gasteiger partial charge in [-0.25, -0.2) is 19.2 Å². The van der Waals surface area contributed by atoms with E-state index in [-0.39, 0.29) is 35.9 Å². The van der Waals surface area contributed by atoms with Crippen LogP contribution in [-0.4, -0.2) is 36.6 Å². The lowest BCUT2D eigenvalue weighted by Crippen LogP contribution is -2.31. The maximum absolute atomic E-state index is 13.5. The number of carboxylic acids is 1. The molecule has 0 radical (unpaired) electrons. The number of fused-ring (bicyclic) bond motifs is 1. The Morgan fingerprint density at radius 3 is 2.27 bits per heavy atom. The van der Waals surface area contributed by atoms with Gasteiger partial charge in [0.2, 0.25) is 11.8 Å². The number of aromatic carboxylic acids is 1. The van der Waals surface area contributed by atoms with Crippen LogP contribution >= 0.6 is 0 Å². The number of hydrogen-bond acceptors (Lipinski definition) is 6. The van der Waals surface area contributed by atoms with E-state index in [1.807, 2.05) is 13.8 Å². The van der Waals surface area contributed by atoms with Crippen LogP contribution in [0.3, 0.4) is 0 Å². The molecule has 3 N–H and O–H groups in total. The van der Waals surface area contributed by atoms with Crippen molar-refractivity contribution in [3.63, 3.8) is 0 Å². The summed E-state index contributed by atoms with van der Waals surface area (Å²) in [5.74, 6) is -1.12. The first kappa shape index (κ1) is 27.4. The van der Waals surface area contributed by atoms with Crippen LogP contribution in [0.25, 0.3) is 11.2 Å². The highest BCUT2D eigenvalue weighted by Crippen LogP contribution is 2.34. The molecule has 2 aromatic carbocycles. The van der Waals surface area contributed by atoms with Crippen LogP contribution in [0.1, 0.15) is 66.5 Å². The predicted molar refractivity (Wildman–Crippen MR) is 142 cm³/mol. The highest BCUT2D eigenvalue weighted by atomic mass is 19.4. The number of rotatable bonds is 9. The number of carboxylic acid groups (broad SMARTS) is 1. The van der Waals surface area contributed by atoms with Crippen LogP contribution in [0, 0.1) is 11.7 Å². The summed E-state index contributed by atoms with van der Waals surface area (Å²) in [6.45, 7) is 3.96. The lowest BCUT2D eigenvalue weighted by Gasteiger charge is -2.32. The summed E-state index contributed by atoms with van der Waals surface area (Å²) < 4.78 is 54.7. The minimum Gasteiger partial charge on any atom is -0.475 e. The number of halogens is 4. The van der Waals surface area contributed by atoms with E-state index >= 15 is 0 Å². The fourth-order valence-electron chi connectivity index (χ4n) is 4.78. The highest BCUT2D eigenvalue weighted by Gasteiger charge is 2.30. The maximum Gasteiger partial charge on any atom is 0.416 e. The van der Waals surface area contributed by atoms with Gasteiger partial charge in [0, 0.05) is 6.04 Å². The van der Waals surface area contributed by atoms with Gasteiger partial charge in [0.1, 0.15) is 11.3 Å². The van der Waals surface area contributed by atoms with Gasteiger partial charge in [-0.05, 0) is 68.0 Å². The van der Waals surface area contributed by atoms with Crippen molar-refractivity contribution < 1.29 is 27.5 Å². The molecule has 0 amide bonds. The Bertz CT molecular complexity index is 1520. The van der Waals surface area contributed by atoms with E-state index in [0.29, 0.717) is 22.9 Å².